The molecule has 1 amide bonds. The lowest BCUT2D eigenvalue weighted by molar-refractivity contribution is -0.138. The van der Waals surface area contributed by atoms with E-state index in [1.807, 2.05) is 11.9 Å². The Labute approximate surface area is 217 Å². The Bertz CT molecular complexity index is 1530. The fourth-order valence-corrected chi connectivity index (χ4v) is 4.22. The molecular formula is C27H24F3N7O. The number of nitrogens with zero attached hydrogens (tertiary/aromatic N) is 6. The van der Waals surface area contributed by atoms with E-state index >= 15 is 0 Å². The molecule has 5 rings (SSSR count). The highest BCUT2D eigenvalue weighted by molar-refractivity contribution is 6.04. The highest BCUT2D eigenvalue weighted by atomic mass is 19.4. The van der Waals surface area contributed by atoms with Crippen LogP contribution in [0.15, 0.2) is 61.6 Å². The molecule has 0 unspecified atom stereocenters. The number of halogens is 3. The summed E-state index contributed by atoms with van der Waals surface area (Å²) in [5.74, 6) is 5.33. The summed E-state index contributed by atoms with van der Waals surface area (Å²) in [6, 6.07) is 5.44. The number of carbonyl (C=O) groups is 1. The number of piperazine rings is 1. The van der Waals surface area contributed by atoms with Crippen molar-refractivity contribution in [2.45, 2.75) is 12.7 Å². The van der Waals surface area contributed by atoms with Crippen LogP contribution < -0.4 is 5.32 Å². The molecule has 4 heterocycles. The minimum Gasteiger partial charge on any atom is -0.322 e. The smallest absolute Gasteiger partial charge is 0.322 e. The molecule has 3 aromatic heterocycles. The molecule has 1 aliphatic heterocycles. The second kappa shape index (κ2) is 10.6. The highest BCUT2D eigenvalue weighted by Gasteiger charge is 2.34. The fourth-order valence-electron chi connectivity index (χ4n) is 4.22. The molecule has 1 saturated heterocycles. The van der Waals surface area contributed by atoms with Crippen LogP contribution in [0.4, 0.5) is 18.9 Å². The minimum absolute atomic E-state index is 0.0537. The van der Waals surface area contributed by atoms with E-state index in [9.17, 15) is 18.0 Å². The number of fused-ring (bicyclic) bond motifs is 1. The monoisotopic (exact) mass is 519 g/mol. The Morgan fingerprint density at radius 1 is 1.05 bits per heavy atom. The van der Waals surface area contributed by atoms with E-state index in [1.54, 1.807) is 29.3 Å². The van der Waals surface area contributed by atoms with Gasteiger partial charge < -0.3 is 10.2 Å². The number of aromatic nitrogens is 4. The first-order valence-corrected chi connectivity index (χ1v) is 11.9. The minimum atomic E-state index is -4.55. The molecule has 0 saturated carbocycles. The Hall–Kier alpha value is -4.27. The van der Waals surface area contributed by atoms with E-state index < -0.39 is 17.6 Å². The number of hydrogen-bond donors (Lipinski definition) is 1. The maximum Gasteiger partial charge on any atom is 0.416 e. The van der Waals surface area contributed by atoms with Crippen molar-refractivity contribution >= 4 is 17.2 Å². The fraction of sp³-hybridized carbons (Fsp3) is 0.259. The van der Waals surface area contributed by atoms with Crippen LogP contribution in [-0.4, -0.2) is 68.3 Å². The van der Waals surface area contributed by atoms with Gasteiger partial charge in [0.2, 0.25) is 0 Å². The SMILES string of the molecule is CN1CCN(Cc2ccc(NC(=O)c3cncc(C#Cc4cncn5ccnc45)c3)cc2C(F)(F)F)CC1. The maximum atomic E-state index is 13.9. The predicted octanol–water partition coefficient (Wildman–Crippen LogP) is 3.54. The second-order valence-corrected chi connectivity index (χ2v) is 9.08. The van der Waals surface area contributed by atoms with Gasteiger partial charge in [-0.15, -0.1) is 0 Å². The molecule has 1 aliphatic rings. The van der Waals surface area contributed by atoms with Crippen molar-refractivity contribution in [1.82, 2.24) is 29.2 Å². The Balaban J connectivity index is 1.33. The van der Waals surface area contributed by atoms with E-state index in [0.717, 1.165) is 19.2 Å². The van der Waals surface area contributed by atoms with Crippen molar-refractivity contribution in [2.24, 2.45) is 0 Å². The largest absolute Gasteiger partial charge is 0.416 e. The van der Waals surface area contributed by atoms with Gasteiger partial charge in [0.05, 0.1) is 16.7 Å². The number of alkyl halides is 3. The van der Waals surface area contributed by atoms with Crippen LogP contribution in [0, 0.1) is 11.8 Å². The van der Waals surface area contributed by atoms with Gasteiger partial charge in [0.25, 0.3) is 5.91 Å². The predicted molar refractivity (Wildman–Crippen MR) is 135 cm³/mol. The van der Waals surface area contributed by atoms with Gasteiger partial charge in [-0.3, -0.25) is 19.1 Å². The number of carbonyl (C=O) groups excluding carboxylic acids is 1. The van der Waals surface area contributed by atoms with Crippen molar-refractivity contribution < 1.29 is 18.0 Å². The normalized spacial score (nSPS) is 14.7. The van der Waals surface area contributed by atoms with Crippen molar-refractivity contribution in [3.05, 3.63) is 89.4 Å². The summed E-state index contributed by atoms with van der Waals surface area (Å²) in [6.45, 7) is 3.22. The molecule has 1 fully saturated rings. The number of nitrogens with one attached hydrogen (secondary N) is 1. The molecule has 0 radical (unpaired) electrons. The van der Waals surface area contributed by atoms with Crippen LogP contribution >= 0.6 is 0 Å². The van der Waals surface area contributed by atoms with Gasteiger partial charge in [-0.2, -0.15) is 13.2 Å². The highest BCUT2D eigenvalue weighted by Crippen LogP contribution is 2.34. The van der Waals surface area contributed by atoms with Crippen LogP contribution in [0.2, 0.25) is 0 Å². The van der Waals surface area contributed by atoms with E-state index in [2.05, 4.69) is 37.0 Å². The number of anilines is 1. The number of pyridine rings is 1. The first kappa shape index (κ1) is 25.4. The Kier molecular flexibility index (Phi) is 7.09. The van der Waals surface area contributed by atoms with Crippen molar-refractivity contribution in [3.8, 4) is 11.8 Å². The molecular weight excluding hydrogens is 495 g/mol. The molecule has 1 N–H and O–H groups in total. The van der Waals surface area contributed by atoms with Crippen molar-refractivity contribution in [1.29, 1.82) is 0 Å². The number of amides is 1. The summed E-state index contributed by atoms with van der Waals surface area (Å²) in [7, 11) is 1.99. The second-order valence-electron chi connectivity index (χ2n) is 9.08. The topological polar surface area (TPSA) is 78.7 Å². The quantitative estimate of drug-likeness (QED) is 0.416. The Morgan fingerprint density at radius 3 is 2.66 bits per heavy atom. The molecule has 0 aliphatic carbocycles. The van der Waals surface area contributed by atoms with Gasteiger partial charge in [0, 0.05) is 75.0 Å². The standard InChI is InChI=1S/C27H24F3N7O/c1-35-8-10-36(11-9-35)17-21-4-5-23(13-24(21)27(28,29)30)34-26(38)22-12-19(14-31-16-22)2-3-20-15-32-18-37-7-6-33-25(20)37/h4-7,12-16,18H,8-11,17H2,1H3,(H,34,38). The van der Waals surface area contributed by atoms with Gasteiger partial charge in [-0.1, -0.05) is 17.9 Å². The molecule has 8 nitrogen and oxygen atoms in total. The number of hydrogen-bond acceptors (Lipinski definition) is 6. The molecule has 0 atom stereocenters. The lowest BCUT2D eigenvalue weighted by Crippen LogP contribution is -2.44. The molecule has 11 heteroatoms. The van der Waals surface area contributed by atoms with E-state index in [1.165, 1.54) is 30.6 Å². The van der Waals surface area contributed by atoms with E-state index in [0.29, 0.717) is 29.9 Å². The summed E-state index contributed by atoms with van der Waals surface area (Å²) in [5.41, 5.74) is 1.36. The zero-order valence-corrected chi connectivity index (χ0v) is 20.5. The maximum absolute atomic E-state index is 13.9. The summed E-state index contributed by atoms with van der Waals surface area (Å²) in [4.78, 5) is 29.4. The lowest BCUT2D eigenvalue weighted by atomic mass is 10.0. The lowest BCUT2D eigenvalue weighted by Gasteiger charge is -2.33. The van der Waals surface area contributed by atoms with Crippen molar-refractivity contribution in [2.75, 3.05) is 38.5 Å². The van der Waals surface area contributed by atoms with Gasteiger partial charge in [-0.25, -0.2) is 9.97 Å². The first-order chi connectivity index (χ1) is 18.3. The third-order valence-corrected chi connectivity index (χ3v) is 6.31. The summed E-state index contributed by atoms with van der Waals surface area (Å²) >= 11 is 0. The molecule has 1 aromatic carbocycles. The van der Waals surface area contributed by atoms with Gasteiger partial charge in [0.15, 0.2) is 5.65 Å². The molecule has 0 bridgehead atoms. The van der Waals surface area contributed by atoms with Crippen molar-refractivity contribution in [3.63, 3.8) is 0 Å². The van der Waals surface area contributed by atoms with Gasteiger partial charge >= 0.3 is 6.18 Å². The zero-order valence-electron chi connectivity index (χ0n) is 20.5. The third kappa shape index (κ3) is 5.82. The zero-order chi connectivity index (χ0) is 26.7. The number of imidazole rings is 1. The van der Waals surface area contributed by atoms with Crippen LogP contribution in [0.3, 0.4) is 0 Å². The molecule has 4 aromatic rings. The number of likely N-dealkylation sites (N-methyl/N-ethyl adjacent to an activating group) is 1. The molecule has 38 heavy (non-hydrogen) atoms. The average Bonchev–Trinajstić information content (AvgIpc) is 3.39. The number of rotatable bonds is 4. The average molecular weight is 520 g/mol. The molecule has 194 valence electrons. The first-order valence-electron chi connectivity index (χ1n) is 11.9. The van der Waals surface area contributed by atoms with Crippen LogP contribution in [0.5, 0.6) is 0 Å². The Morgan fingerprint density at radius 2 is 1.87 bits per heavy atom. The summed E-state index contributed by atoms with van der Waals surface area (Å²) < 4.78 is 43.4. The third-order valence-electron chi connectivity index (χ3n) is 6.31. The summed E-state index contributed by atoms with van der Waals surface area (Å²) in [5, 5.41) is 2.56. The van der Waals surface area contributed by atoms with Crippen LogP contribution in [0.25, 0.3) is 5.65 Å². The molecule has 0 spiro atoms. The van der Waals surface area contributed by atoms with E-state index in [4.69, 9.17) is 0 Å². The van der Waals surface area contributed by atoms with Crippen LogP contribution in [0.1, 0.15) is 32.6 Å². The summed E-state index contributed by atoms with van der Waals surface area (Å²) in [6.07, 6.45) is 4.88. The van der Waals surface area contributed by atoms with E-state index in [-0.39, 0.29) is 23.4 Å². The van der Waals surface area contributed by atoms with Gasteiger partial charge in [0.1, 0.15) is 6.33 Å². The van der Waals surface area contributed by atoms with Crippen LogP contribution in [-0.2, 0) is 12.7 Å². The number of benzene rings is 1. The van der Waals surface area contributed by atoms with Gasteiger partial charge in [-0.05, 0) is 30.8 Å².